The monoisotopic (exact) mass is 267 g/mol. The van der Waals surface area contributed by atoms with Gasteiger partial charge < -0.3 is 0 Å². The summed E-state index contributed by atoms with van der Waals surface area (Å²) in [6.45, 7) is 0. The number of rotatable bonds is 1. The normalized spacial score (nSPS) is 11.0. The zero-order chi connectivity index (χ0) is 10.9. The lowest BCUT2D eigenvalue weighted by molar-refractivity contribution is 0.608. The second-order valence-corrected chi connectivity index (χ2v) is 5.68. The third kappa shape index (κ3) is 2.15. The van der Waals surface area contributed by atoms with E-state index in [-0.39, 0.29) is 20.4 Å². The van der Waals surface area contributed by atoms with Crippen molar-refractivity contribution in [2.75, 3.05) is 0 Å². The third-order valence-corrected chi connectivity index (χ3v) is 3.87. The molecule has 0 N–H and O–H groups in total. The van der Waals surface area contributed by atoms with E-state index in [0.29, 0.717) is 0 Å². The summed E-state index contributed by atoms with van der Waals surface area (Å²) >= 11 is 9.51. The van der Waals surface area contributed by atoms with Crippen LogP contribution in [0, 0.1) is 11.3 Å². The Hall–Kier alpha value is -0.410. The number of nitrogens with zero attached hydrogens (tertiary/aromatic N) is 1. The molecule has 0 saturated carbocycles. The highest BCUT2D eigenvalue weighted by molar-refractivity contribution is 8.14. The molecule has 1 rings (SSSR count). The van der Waals surface area contributed by atoms with E-state index in [1.807, 2.05) is 0 Å². The topological polar surface area (TPSA) is 57.9 Å². The summed E-state index contributed by atoms with van der Waals surface area (Å²) in [5.74, 6) is 0. The predicted molar refractivity (Wildman–Crippen MR) is 56.5 cm³/mol. The number of thiol groups is 1. The van der Waals surface area contributed by atoms with Crippen molar-refractivity contribution in [1.82, 2.24) is 0 Å². The fourth-order valence-electron chi connectivity index (χ4n) is 0.869. The average Bonchev–Trinajstić information content (AvgIpc) is 2.02. The molecule has 7 heteroatoms. The first-order valence-corrected chi connectivity index (χ1v) is 6.37. The van der Waals surface area contributed by atoms with Gasteiger partial charge in [0.25, 0.3) is 9.05 Å². The maximum atomic E-state index is 11.1. The molecule has 1 aromatic carbocycles. The molecule has 0 heterocycles. The van der Waals surface area contributed by atoms with Crippen LogP contribution in [0.15, 0.2) is 21.9 Å². The molecule has 0 aliphatic heterocycles. The maximum absolute atomic E-state index is 11.1. The molecule has 0 radical (unpaired) electrons. The fraction of sp³-hybridized carbons (Fsp3) is 0. The first-order valence-electron chi connectivity index (χ1n) is 3.24. The molecular weight excluding hydrogens is 265 g/mol. The van der Waals surface area contributed by atoms with Crippen molar-refractivity contribution in [3.8, 4) is 6.07 Å². The van der Waals surface area contributed by atoms with Gasteiger partial charge in [-0.2, -0.15) is 5.26 Å². The first kappa shape index (κ1) is 11.7. The minimum Gasteiger partial charge on any atom is -0.207 e. The van der Waals surface area contributed by atoms with Gasteiger partial charge in [-0.25, -0.2) is 8.42 Å². The van der Waals surface area contributed by atoms with Crippen molar-refractivity contribution in [3.63, 3.8) is 0 Å². The highest BCUT2D eigenvalue weighted by Gasteiger charge is 2.20. The van der Waals surface area contributed by atoms with Gasteiger partial charge in [-0.05, 0) is 12.1 Å². The Morgan fingerprint density at radius 2 is 2.00 bits per heavy atom. The Kier molecular flexibility index (Phi) is 3.32. The van der Waals surface area contributed by atoms with E-state index in [9.17, 15) is 8.42 Å². The van der Waals surface area contributed by atoms with Crippen molar-refractivity contribution in [2.24, 2.45) is 0 Å². The first-order chi connectivity index (χ1) is 6.38. The Morgan fingerprint density at radius 1 is 1.43 bits per heavy atom. The zero-order valence-corrected chi connectivity index (χ0v) is 9.75. The molecule has 14 heavy (non-hydrogen) atoms. The van der Waals surface area contributed by atoms with Gasteiger partial charge in [0, 0.05) is 15.6 Å². The smallest absolute Gasteiger partial charge is 0.207 e. The molecule has 0 atom stereocenters. The lowest BCUT2D eigenvalue weighted by Crippen LogP contribution is -1.96. The number of hydrogen-bond acceptors (Lipinski definition) is 4. The molecule has 0 aliphatic carbocycles. The Labute approximate surface area is 96.1 Å². The van der Waals surface area contributed by atoms with Gasteiger partial charge in [-0.15, -0.1) is 12.6 Å². The summed E-state index contributed by atoms with van der Waals surface area (Å²) in [4.78, 5) is -0.363. The van der Waals surface area contributed by atoms with Crippen LogP contribution in [0.3, 0.4) is 0 Å². The van der Waals surface area contributed by atoms with E-state index in [1.54, 1.807) is 6.07 Å². The van der Waals surface area contributed by atoms with Gasteiger partial charge >= 0.3 is 0 Å². The van der Waals surface area contributed by atoms with Crippen molar-refractivity contribution < 1.29 is 8.42 Å². The van der Waals surface area contributed by atoms with Gasteiger partial charge in [-0.1, -0.05) is 11.6 Å². The van der Waals surface area contributed by atoms with Crippen LogP contribution in [0.2, 0.25) is 5.02 Å². The van der Waals surface area contributed by atoms with Crippen LogP contribution < -0.4 is 0 Å². The van der Waals surface area contributed by atoms with Gasteiger partial charge in [0.15, 0.2) is 0 Å². The highest BCUT2D eigenvalue weighted by atomic mass is 35.7. The lowest BCUT2D eigenvalue weighted by Gasteiger charge is -2.04. The van der Waals surface area contributed by atoms with Gasteiger partial charge in [0.1, 0.15) is 11.0 Å². The Bertz CT molecular complexity index is 519. The van der Waals surface area contributed by atoms with Crippen LogP contribution in [-0.2, 0) is 9.05 Å². The largest absolute Gasteiger partial charge is 0.263 e. The highest BCUT2D eigenvalue weighted by Crippen LogP contribution is 2.32. The Balaban J connectivity index is 3.68. The molecule has 0 unspecified atom stereocenters. The van der Waals surface area contributed by atoms with E-state index in [2.05, 4.69) is 12.6 Å². The summed E-state index contributed by atoms with van der Waals surface area (Å²) in [7, 11) is 1.14. The van der Waals surface area contributed by atoms with E-state index >= 15 is 0 Å². The molecule has 0 bridgehead atoms. The molecule has 74 valence electrons. The SMILES string of the molecule is N#Cc1ccc(Cl)c(S(=O)(=O)Cl)c1S. The lowest BCUT2D eigenvalue weighted by atomic mass is 10.2. The van der Waals surface area contributed by atoms with E-state index < -0.39 is 9.05 Å². The van der Waals surface area contributed by atoms with Crippen LogP contribution in [-0.4, -0.2) is 8.42 Å². The maximum Gasteiger partial charge on any atom is 0.263 e. The second-order valence-electron chi connectivity index (χ2n) is 2.32. The minimum absolute atomic E-state index is 0.0324. The molecule has 1 aromatic rings. The number of nitriles is 1. The third-order valence-electron chi connectivity index (χ3n) is 1.45. The van der Waals surface area contributed by atoms with Crippen LogP contribution >= 0.6 is 34.9 Å². The minimum atomic E-state index is -3.98. The van der Waals surface area contributed by atoms with Crippen molar-refractivity contribution in [1.29, 1.82) is 5.26 Å². The Morgan fingerprint density at radius 3 is 2.43 bits per heavy atom. The molecule has 3 nitrogen and oxygen atoms in total. The van der Waals surface area contributed by atoms with Crippen molar-refractivity contribution in [2.45, 2.75) is 9.79 Å². The quantitative estimate of drug-likeness (QED) is 0.628. The molecule has 0 saturated heterocycles. The summed E-state index contributed by atoms with van der Waals surface area (Å²) in [6.07, 6.45) is 0. The molecule has 0 spiro atoms. The molecule has 0 aromatic heterocycles. The molecular formula is C7H3Cl2NO2S2. The fourth-order valence-corrected chi connectivity index (χ4v) is 3.40. The van der Waals surface area contributed by atoms with Crippen LogP contribution in [0.4, 0.5) is 0 Å². The zero-order valence-electron chi connectivity index (χ0n) is 6.53. The van der Waals surface area contributed by atoms with Crippen molar-refractivity contribution in [3.05, 3.63) is 22.7 Å². The summed E-state index contributed by atoms with van der Waals surface area (Å²) in [5.41, 5.74) is 0.108. The standard InChI is InChI=1S/C7H3Cl2NO2S2/c8-5-2-1-4(3-10)6(13)7(5)14(9,11)12/h1-2,13H. The van der Waals surface area contributed by atoms with E-state index in [1.165, 1.54) is 12.1 Å². The summed E-state index contributed by atoms with van der Waals surface area (Å²) < 4.78 is 22.1. The number of halogens is 2. The van der Waals surface area contributed by atoms with Gasteiger partial charge in [0.05, 0.1) is 10.6 Å². The molecule has 0 fully saturated rings. The van der Waals surface area contributed by atoms with Crippen LogP contribution in [0.1, 0.15) is 5.56 Å². The molecule has 0 amide bonds. The van der Waals surface area contributed by atoms with E-state index in [4.69, 9.17) is 27.5 Å². The summed E-state index contributed by atoms with van der Waals surface area (Å²) in [6, 6.07) is 4.43. The van der Waals surface area contributed by atoms with E-state index in [0.717, 1.165) is 0 Å². The second kappa shape index (κ2) is 3.99. The number of benzene rings is 1. The predicted octanol–water partition coefficient (Wildman–Crippen LogP) is 2.43. The van der Waals surface area contributed by atoms with Gasteiger partial charge in [-0.3, -0.25) is 0 Å². The summed E-state index contributed by atoms with van der Waals surface area (Å²) in [5, 5.41) is 8.57. The van der Waals surface area contributed by atoms with Crippen LogP contribution in [0.25, 0.3) is 0 Å². The van der Waals surface area contributed by atoms with Gasteiger partial charge in [0.2, 0.25) is 0 Å². The van der Waals surface area contributed by atoms with Crippen molar-refractivity contribution >= 4 is 44.0 Å². The average molecular weight is 268 g/mol. The number of hydrogen-bond donors (Lipinski definition) is 1. The van der Waals surface area contributed by atoms with Crippen LogP contribution in [0.5, 0.6) is 0 Å². The molecule has 0 aliphatic rings.